The molecule has 1 saturated heterocycles. The summed E-state index contributed by atoms with van der Waals surface area (Å²) in [5.41, 5.74) is 0.117. The van der Waals surface area contributed by atoms with Crippen molar-refractivity contribution in [2.24, 2.45) is 5.92 Å². The van der Waals surface area contributed by atoms with Crippen molar-refractivity contribution in [3.05, 3.63) is 12.2 Å². The molecule has 110 valence electrons. The number of hydrogen-bond donors (Lipinski definition) is 0. The van der Waals surface area contributed by atoms with E-state index in [1.165, 1.54) is 6.92 Å². The van der Waals surface area contributed by atoms with Crippen LogP contribution in [-0.2, 0) is 14.3 Å². The van der Waals surface area contributed by atoms with Crippen molar-refractivity contribution in [2.45, 2.75) is 31.5 Å². The minimum Gasteiger partial charge on any atom is -0.462 e. The van der Waals surface area contributed by atoms with Gasteiger partial charge in [0.15, 0.2) is 0 Å². The van der Waals surface area contributed by atoms with Gasteiger partial charge in [-0.05, 0) is 6.92 Å². The van der Waals surface area contributed by atoms with Crippen LogP contribution in [0.15, 0.2) is 12.2 Å². The third-order valence-electron chi connectivity index (χ3n) is 2.77. The molecule has 2 atom stereocenters. The fourth-order valence-electron chi connectivity index (χ4n) is 1.55. The number of halogens is 5. The van der Waals surface area contributed by atoms with Crippen molar-refractivity contribution >= 4 is 5.97 Å². The number of ether oxygens (including phenoxy) is 2. The summed E-state index contributed by atoms with van der Waals surface area (Å²) in [7, 11) is 0. The Morgan fingerprint density at radius 2 is 1.95 bits per heavy atom. The molecular formula is C11H13F5O3. The molecule has 1 heterocycles. The number of carbonyl (C=O) groups excluding carboxylic acids is 1. The van der Waals surface area contributed by atoms with Gasteiger partial charge in [-0.1, -0.05) is 6.58 Å². The summed E-state index contributed by atoms with van der Waals surface area (Å²) < 4.78 is 71.7. The van der Waals surface area contributed by atoms with Crippen molar-refractivity contribution in [3.63, 3.8) is 0 Å². The first-order valence-corrected chi connectivity index (χ1v) is 5.46. The third kappa shape index (κ3) is 3.43. The fraction of sp³-hybridized carbons (Fsp3) is 0.727. The molecule has 1 rings (SSSR count). The van der Waals surface area contributed by atoms with E-state index in [0.717, 1.165) is 0 Å². The summed E-state index contributed by atoms with van der Waals surface area (Å²) in [5.74, 6) is -7.46. The van der Waals surface area contributed by atoms with Crippen LogP contribution in [0.25, 0.3) is 0 Å². The molecule has 0 radical (unpaired) electrons. The van der Waals surface area contributed by atoms with Crippen molar-refractivity contribution in [2.75, 3.05) is 13.2 Å². The zero-order chi connectivity index (χ0) is 14.8. The van der Waals surface area contributed by atoms with Crippen LogP contribution in [0.1, 0.15) is 13.3 Å². The van der Waals surface area contributed by atoms with Gasteiger partial charge in [-0.3, -0.25) is 0 Å². The van der Waals surface area contributed by atoms with Crippen molar-refractivity contribution in [1.82, 2.24) is 0 Å². The lowest BCUT2D eigenvalue weighted by Crippen LogP contribution is -2.57. The second-order valence-corrected chi connectivity index (χ2v) is 4.30. The highest BCUT2D eigenvalue weighted by Crippen LogP contribution is 2.47. The average molecular weight is 288 g/mol. The lowest BCUT2D eigenvalue weighted by Gasteiger charge is -2.41. The summed E-state index contributed by atoms with van der Waals surface area (Å²) in [6.45, 7) is 3.74. The van der Waals surface area contributed by atoms with Crippen LogP contribution >= 0.6 is 0 Å². The SMILES string of the molecule is C=C(C)C(=O)OCCC1OCC1C(F)(F)C(F)(F)F. The van der Waals surface area contributed by atoms with Gasteiger partial charge in [0.05, 0.1) is 25.2 Å². The second-order valence-electron chi connectivity index (χ2n) is 4.30. The third-order valence-corrected chi connectivity index (χ3v) is 2.77. The molecule has 0 aliphatic carbocycles. The Kier molecular flexibility index (Phi) is 4.54. The molecule has 0 aromatic carbocycles. The minimum absolute atomic E-state index is 0.117. The van der Waals surface area contributed by atoms with E-state index in [2.05, 4.69) is 16.1 Å². The minimum atomic E-state index is -5.60. The Hall–Kier alpha value is -1.18. The summed E-state index contributed by atoms with van der Waals surface area (Å²) >= 11 is 0. The molecule has 1 fully saturated rings. The molecule has 19 heavy (non-hydrogen) atoms. The van der Waals surface area contributed by atoms with Gasteiger partial charge in [0.1, 0.15) is 0 Å². The first-order chi connectivity index (χ1) is 8.57. The molecule has 0 amide bonds. The lowest BCUT2D eigenvalue weighted by atomic mass is 9.88. The Labute approximate surface area is 106 Å². The molecule has 0 saturated carbocycles. The van der Waals surface area contributed by atoms with E-state index in [1.807, 2.05) is 0 Å². The average Bonchev–Trinajstić information content (AvgIpc) is 2.19. The molecule has 1 aliphatic heterocycles. The van der Waals surface area contributed by atoms with Crippen LogP contribution in [0, 0.1) is 5.92 Å². The summed E-state index contributed by atoms with van der Waals surface area (Å²) in [5, 5.41) is 0. The monoisotopic (exact) mass is 288 g/mol. The Morgan fingerprint density at radius 3 is 2.32 bits per heavy atom. The van der Waals surface area contributed by atoms with Crippen molar-refractivity contribution < 1.29 is 36.2 Å². The number of rotatable bonds is 5. The van der Waals surface area contributed by atoms with E-state index in [0.29, 0.717) is 0 Å². The van der Waals surface area contributed by atoms with Gasteiger partial charge in [-0.2, -0.15) is 22.0 Å². The molecule has 1 aliphatic rings. The maximum absolute atomic E-state index is 13.0. The molecule has 0 aromatic heterocycles. The maximum Gasteiger partial charge on any atom is 0.453 e. The quantitative estimate of drug-likeness (QED) is 0.443. The van der Waals surface area contributed by atoms with Crippen LogP contribution in [-0.4, -0.2) is 37.4 Å². The van der Waals surface area contributed by atoms with Gasteiger partial charge in [0.25, 0.3) is 0 Å². The summed E-state index contributed by atoms with van der Waals surface area (Å²) in [6, 6.07) is 0. The van der Waals surface area contributed by atoms with Gasteiger partial charge in [0.2, 0.25) is 0 Å². The van der Waals surface area contributed by atoms with Gasteiger partial charge in [0, 0.05) is 12.0 Å². The smallest absolute Gasteiger partial charge is 0.453 e. The highest BCUT2D eigenvalue weighted by Gasteiger charge is 2.66. The van der Waals surface area contributed by atoms with E-state index in [-0.39, 0.29) is 18.6 Å². The fourth-order valence-corrected chi connectivity index (χ4v) is 1.55. The Morgan fingerprint density at radius 1 is 1.37 bits per heavy atom. The van der Waals surface area contributed by atoms with Crippen LogP contribution in [0.4, 0.5) is 22.0 Å². The molecular weight excluding hydrogens is 275 g/mol. The maximum atomic E-state index is 13.0. The van der Waals surface area contributed by atoms with Crippen molar-refractivity contribution in [1.29, 1.82) is 0 Å². The number of hydrogen-bond acceptors (Lipinski definition) is 3. The number of esters is 1. The second kappa shape index (κ2) is 5.44. The molecule has 0 bridgehead atoms. The zero-order valence-corrected chi connectivity index (χ0v) is 10.1. The molecule has 0 N–H and O–H groups in total. The standard InChI is InChI=1S/C11H13F5O3/c1-6(2)9(17)18-4-3-8-7(5-19-8)10(12,13)11(14,15)16/h7-8H,1,3-5H2,2H3. The number of carbonyl (C=O) groups is 1. The van der Waals surface area contributed by atoms with Crippen LogP contribution < -0.4 is 0 Å². The molecule has 0 spiro atoms. The number of alkyl halides is 5. The predicted octanol–water partition coefficient (Wildman–Crippen LogP) is 2.71. The van der Waals surface area contributed by atoms with E-state index >= 15 is 0 Å². The van der Waals surface area contributed by atoms with Crippen LogP contribution in [0.3, 0.4) is 0 Å². The normalized spacial score (nSPS) is 23.7. The van der Waals surface area contributed by atoms with Gasteiger partial charge < -0.3 is 9.47 Å². The highest BCUT2D eigenvalue weighted by atomic mass is 19.4. The van der Waals surface area contributed by atoms with E-state index < -0.39 is 36.7 Å². The largest absolute Gasteiger partial charge is 0.462 e. The van der Waals surface area contributed by atoms with Gasteiger partial charge in [-0.25, -0.2) is 4.79 Å². The van der Waals surface area contributed by atoms with Gasteiger partial charge >= 0.3 is 18.1 Å². The van der Waals surface area contributed by atoms with Gasteiger partial charge in [-0.15, -0.1) is 0 Å². The first kappa shape index (κ1) is 15.9. The molecule has 8 heteroatoms. The molecule has 2 unspecified atom stereocenters. The van der Waals surface area contributed by atoms with Crippen molar-refractivity contribution in [3.8, 4) is 0 Å². The summed E-state index contributed by atoms with van der Waals surface area (Å²) in [4.78, 5) is 11.0. The lowest BCUT2D eigenvalue weighted by molar-refractivity contribution is -0.343. The van der Waals surface area contributed by atoms with Crippen LogP contribution in [0.2, 0.25) is 0 Å². The molecule has 0 aromatic rings. The predicted molar refractivity (Wildman–Crippen MR) is 54.6 cm³/mol. The first-order valence-electron chi connectivity index (χ1n) is 5.46. The Balaban J connectivity index is 2.46. The van der Waals surface area contributed by atoms with Crippen LogP contribution in [0.5, 0.6) is 0 Å². The molecule has 3 nitrogen and oxygen atoms in total. The van der Waals surface area contributed by atoms with E-state index in [9.17, 15) is 26.7 Å². The highest BCUT2D eigenvalue weighted by molar-refractivity contribution is 5.86. The van der Waals surface area contributed by atoms with E-state index in [4.69, 9.17) is 0 Å². The zero-order valence-electron chi connectivity index (χ0n) is 10.1. The summed E-state index contributed by atoms with van der Waals surface area (Å²) in [6.07, 6.45) is -7.08. The Bertz CT molecular complexity index is 364. The van der Waals surface area contributed by atoms with E-state index in [1.54, 1.807) is 0 Å². The topological polar surface area (TPSA) is 35.5 Å².